The Kier molecular flexibility index (Phi) is 68.2. The van der Waals surface area contributed by atoms with Crippen LogP contribution in [0.5, 0.6) is 0 Å². The Morgan fingerprint density at radius 1 is 0.253 bits per heavy atom. The van der Waals surface area contributed by atoms with E-state index in [1.54, 1.807) is 0 Å². The van der Waals surface area contributed by atoms with Gasteiger partial charge in [-0.3, -0.25) is 14.4 Å². The molecule has 1 atom stereocenters. The van der Waals surface area contributed by atoms with E-state index in [0.29, 0.717) is 19.3 Å². The van der Waals surface area contributed by atoms with Crippen LogP contribution in [0.4, 0.5) is 0 Å². The van der Waals surface area contributed by atoms with Crippen molar-refractivity contribution in [3.05, 3.63) is 85.1 Å². The Bertz CT molecular complexity index is 1570. The van der Waals surface area contributed by atoms with Crippen LogP contribution in [0.25, 0.3) is 0 Å². The van der Waals surface area contributed by atoms with Crippen molar-refractivity contribution < 1.29 is 28.6 Å². The number of hydrogen-bond donors (Lipinski definition) is 0. The number of carbonyl (C=O) groups excluding carboxylic acids is 3. The summed E-state index contributed by atoms with van der Waals surface area (Å²) in [4.78, 5) is 38.3. The largest absolute Gasteiger partial charge is 0.462 e. The Morgan fingerprint density at radius 2 is 0.470 bits per heavy atom. The van der Waals surface area contributed by atoms with Crippen LogP contribution in [-0.2, 0) is 28.6 Å². The molecule has 6 nitrogen and oxygen atoms in total. The summed E-state index contributed by atoms with van der Waals surface area (Å²) in [5.74, 6) is -0.894. The molecule has 0 rings (SSSR count). The molecule has 0 aliphatic heterocycles. The molecule has 0 spiro atoms. The maximum atomic E-state index is 12.9. The lowest BCUT2D eigenvalue weighted by atomic mass is 10.0. The van der Waals surface area contributed by atoms with Crippen molar-refractivity contribution >= 4 is 17.9 Å². The van der Waals surface area contributed by atoms with Crippen LogP contribution in [-0.4, -0.2) is 37.2 Å². The van der Waals surface area contributed by atoms with Gasteiger partial charge in [0.05, 0.1) is 0 Å². The van der Waals surface area contributed by atoms with E-state index in [1.165, 1.54) is 218 Å². The minimum atomic E-state index is -0.789. The second-order valence-corrected chi connectivity index (χ2v) is 24.1. The van der Waals surface area contributed by atoms with Gasteiger partial charge in [0.2, 0.25) is 0 Å². The zero-order valence-corrected chi connectivity index (χ0v) is 55.2. The summed E-state index contributed by atoms with van der Waals surface area (Å²) < 4.78 is 16.9. The molecule has 0 bridgehead atoms. The van der Waals surface area contributed by atoms with E-state index < -0.39 is 6.10 Å². The maximum absolute atomic E-state index is 12.9. The number of allylic oxidation sites excluding steroid dienone is 14. The summed E-state index contributed by atoms with van der Waals surface area (Å²) in [6.45, 7) is 6.53. The number of ether oxygens (including phenoxy) is 3. The Hall–Kier alpha value is -3.41. The number of hydrogen-bond acceptors (Lipinski definition) is 6. The lowest BCUT2D eigenvalue weighted by Gasteiger charge is -2.18. The topological polar surface area (TPSA) is 78.9 Å². The van der Waals surface area contributed by atoms with Crippen molar-refractivity contribution in [2.75, 3.05) is 13.2 Å². The highest BCUT2D eigenvalue weighted by Gasteiger charge is 2.19. The monoisotopic (exact) mass is 1160 g/mol. The van der Waals surface area contributed by atoms with Crippen molar-refractivity contribution in [3.63, 3.8) is 0 Å². The van der Waals surface area contributed by atoms with Gasteiger partial charge in [-0.1, -0.05) is 337 Å². The molecule has 0 aliphatic rings. The summed E-state index contributed by atoms with van der Waals surface area (Å²) >= 11 is 0. The van der Waals surface area contributed by atoms with E-state index in [4.69, 9.17) is 14.2 Å². The van der Waals surface area contributed by atoms with Crippen LogP contribution in [0, 0.1) is 0 Å². The molecule has 0 saturated heterocycles. The Morgan fingerprint density at radius 3 is 0.747 bits per heavy atom. The van der Waals surface area contributed by atoms with E-state index in [1.807, 2.05) is 0 Å². The molecule has 83 heavy (non-hydrogen) atoms. The van der Waals surface area contributed by atoms with Gasteiger partial charge >= 0.3 is 17.9 Å². The Labute approximate surface area is 515 Å². The first-order valence-corrected chi connectivity index (χ1v) is 36.1. The summed E-state index contributed by atoms with van der Waals surface area (Å²) in [5.41, 5.74) is 0. The zero-order chi connectivity index (χ0) is 59.9. The van der Waals surface area contributed by atoms with E-state index >= 15 is 0 Å². The number of carbonyl (C=O) groups is 3. The standard InChI is InChI=1S/C77H136O6/c1-4-7-10-13-16-19-21-23-25-27-29-31-33-34-35-36-37-38-39-40-41-42-44-45-47-49-51-53-55-58-61-64-67-70-76(79)82-73-74(72-81-75(78)69-66-63-60-57-18-15-12-9-6-3)83-77(80)71-68-65-62-59-56-54-52-50-48-46-43-32-30-28-26-24-22-20-17-14-11-8-5-2/h8,11,17,20,24,26-27,29-30,32,46,48,52,54,74H,4-7,9-10,12-16,18-19,21-23,25,28,31,33-45,47,49-51,53,55-73H2,1-3H3/b11-8-,20-17-,26-24-,29-27-,32-30-,48-46-,54-52-. The smallest absolute Gasteiger partial charge is 0.306 e. The van der Waals surface area contributed by atoms with Gasteiger partial charge in [-0.05, 0) is 96.3 Å². The molecule has 0 aromatic heterocycles. The van der Waals surface area contributed by atoms with Crippen LogP contribution in [0.1, 0.15) is 367 Å². The first kappa shape index (κ1) is 79.6. The molecule has 0 radical (unpaired) electrons. The molecule has 0 aliphatic carbocycles. The fourth-order valence-electron chi connectivity index (χ4n) is 10.5. The molecular formula is C77H136O6. The first-order chi connectivity index (χ1) is 41.0. The van der Waals surface area contributed by atoms with Crippen molar-refractivity contribution in [2.24, 2.45) is 0 Å². The molecular weight excluding hydrogens is 1020 g/mol. The molecule has 0 heterocycles. The van der Waals surface area contributed by atoms with Crippen LogP contribution in [0.3, 0.4) is 0 Å². The fourth-order valence-corrected chi connectivity index (χ4v) is 10.5. The third kappa shape index (κ3) is 69.3. The second kappa shape index (κ2) is 71.1. The van der Waals surface area contributed by atoms with Crippen molar-refractivity contribution in [1.82, 2.24) is 0 Å². The van der Waals surface area contributed by atoms with Crippen molar-refractivity contribution in [1.29, 1.82) is 0 Å². The van der Waals surface area contributed by atoms with Gasteiger partial charge in [0.1, 0.15) is 13.2 Å². The van der Waals surface area contributed by atoms with Gasteiger partial charge in [0, 0.05) is 19.3 Å². The normalized spacial score (nSPS) is 12.6. The van der Waals surface area contributed by atoms with Gasteiger partial charge in [-0.2, -0.15) is 0 Å². The molecule has 0 N–H and O–H groups in total. The van der Waals surface area contributed by atoms with E-state index in [-0.39, 0.29) is 31.1 Å². The van der Waals surface area contributed by atoms with E-state index in [9.17, 15) is 14.4 Å². The Balaban J connectivity index is 4.11. The third-order valence-electron chi connectivity index (χ3n) is 15.9. The quantitative estimate of drug-likeness (QED) is 0.0261. The predicted octanol–water partition coefficient (Wildman–Crippen LogP) is 25.0. The molecule has 0 saturated carbocycles. The average Bonchev–Trinajstić information content (AvgIpc) is 3.49. The molecule has 1 unspecified atom stereocenters. The second-order valence-electron chi connectivity index (χ2n) is 24.1. The fraction of sp³-hybridized carbons (Fsp3) is 0.779. The van der Waals surface area contributed by atoms with Crippen LogP contribution in [0.15, 0.2) is 85.1 Å². The SMILES string of the molecule is CC/C=C\C/C=C\C/C=C\C/C=C\C/C=C\C/C=C\CCCCCCC(=O)OC(COC(=O)CCCCCCCCCCC)COC(=O)CCCCCCCCCCCCCCCCCCCCCCC/C=C\CCCCCCCCCC. The van der Waals surface area contributed by atoms with E-state index in [2.05, 4.69) is 106 Å². The number of unbranched alkanes of at least 4 members (excludes halogenated alkanes) is 41. The first-order valence-electron chi connectivity index (χ1n) is 36.1. The number of esters is 3. The summed E-state index contributed by atoms with van der Waals surface area (Å²) in [6.07, 6.45) is 95.0. The van der Waals surface area contributed by atoms with Crippen LogP contribution in [0.2, 0.25) is 0 Å². The molecule has 0 aromatic carbocycles. The lowest BCUT2D eigenvalue weighted by molar-refractivity contribution is -0.167. The highest BCUT2D eigenvalue weighted by Crippen LogP contribution is 2.18. The maximum Gasteiger partial charge on any atom is 0.306 e. The summed E-state index contributed by atoms with van der Waals surface area (Å²) in [6, 6.07) is 0. The predicted molar refractivity (Wildman–Crippen MR) is 362 cm³/mol. The van der Waals surface area contributed by atoms with Gasteiger partial charge in [0.25, 0.3) is 0 Å². The lowest BCUT2D eigenvalue weighted by Crippen LogP contribution is -2.30. The molecule has 0 aromatic rings. The van der Waals surface area contributed by atoms with Gasteiger partial charge in [-0.15, -0.1) is 0 Å². The minimum Gasteiger partial charge on any atom is -0.462 e. The number of rotatable bonds is 66. The summed E-state index contributed by atoms with van der Waals surface area (Å²) in [5, 5.41) is 0. The summed E-state index contributed by atoms with van der Waals surface area (Å²) in [7, 11) is 0. The zero-order valence-electron chi connectivity index (χ0n) is 55.2. The van der Waals surface area contributed by atoms with Crippen LogP contribution < -0.4 is 0 Å². The van der Waals surface area contributed by atoms with Crippen molar-refractivity contribution in [2.45, 2.75) is 374 Å². The molecule has 0 fully saturated rings. The minimum absolute atomic E-state index is 0.0832. The van der Waals surface area contributed by atoms with Crippen molar-refractivity contribution in [3.8, 4) is 0 Å². The van der Waals surface area contributed by atoms with Crippen LogP contribution >= 0.6 is 0 Å². The molecule has 0 amide bonds. The molecule has 480 valence electrons. The third-order valence-corrected chi connectivity index (χ3v) is 15.9. The highest BCUT2D eigenvalue weighted by atomic mass is 16.6. The van der Waals surface area contributed by atoms with Gasteiger partial charge in [-0.25, -0.2) is 0 Å². The van der Waals surface area contributed by atoms with Gasteiger partial charge < -0.3 is 14.2 Å². The molecule has 6 heteroatoms. The van der Waals surface area contributed by atoms with Gasteiger partial charge in [0.15, 0.2) is 6.10 Å². The highest BCUT2D eigenvalue weighted by molar-refractivity contribution is 5.71. The average molecular weight is 1160 g/mol. The van der Waals surface area contributed by atoms with E-state index in [0.717, 1.165) is 109 Å².